The largest absolute Gasteiger partial charge is 0.465 e. The highest BCUT2D eigenvalue weighted by atomic mass is 16.5. The van der Waals surface area contributed by atoms with Crippen molar-refractivity contribution in [3.05, 3.63) is 65.7 Å². The molecule has 2 rings (SSSR count). The number of anilines is 1. The van der Waals surface area contributed by atoms with Gasteiger partial charge in [-0.05, 0) is 23.8 Å². The lowest BCUT2D eigenvalue weighted by molar-refractivity contribution is 0.0599. The molecule has 3 nitrogen and oxygen atoms in total. The molecular weight excluding hydrogens is 238 g/mol. The fourth-order valence-corrected chi connectivity index (χ4v) is 2.00. The molecule has 0 radical (unpaired) electrons. The molecule has 0 aromatic heterocycles. The number of para-hydroxylation sites is 1. The molecule has 2 aromatic rings. The van der Waals surface area contributed by atoms with Gasteiger partial charge in [0.25, 0.3) is 0 Å². The van der Waals surface area contributed by atoms with Crippen LogP contribution in [0, 0.1) is 0 Å². The zero-order valence-corrected chi connectivity index (χ0v) is 11.2. The summed E-state index contributed by atoms with van der Waals surface area (Å²) in [7, 11) is 3.41. The number of hydrogen-bond donors (Lipinski definition) is 0. The van der Waals surface area contributed by atoms with Crippen LogP contribution in [0.1, 0.15) is 15.9 Å². The van der Waals surface area contributed by atoms with Crippen LogP contribution in [-0.2, 0) is 11.3 Å². The highest BCUT2D eigenvalue weighted by molar-refractivity contribution is 5.91. The quantitative estimate of drug-likeness (QED) is 0.786. The van der Waals surface area contributed by atoms with Crippen LogP contribution in [0.15, 0.2) is 54.6 Å². The molecular formula is C16H17NO2. The first kappa shape index (κ1) is 13.1. The summed E-state index contributed by atoms with van der Waals surface area (Å²) in [6.07, 6.45) is 0. The number of carbonyl (C=O) groups is 1. The maximum Gasteiger partial charge on any atom is 0.338 e. The number of benzene rings is 2. The third kappa shape index (κ3) is 3.13. The summed E-state index contributed by atoms with van der Waals surface area (Å²) in [6.45, 7) is 0.662. The molecule has 2 aromatic carbocycles. The Labute approximate surface area is 113 Å². The molecule has 0 saturated carbocycles. The topological polar surface area (TPSA) is 29.5 Å². The van der Waals surface area contributed by atoms with Crippen molar-refractivity contribution in [1.29, 1.82) is 0 Å². The minimum atomic E-state index is -0.294. The molecule has 0 aliphatic rings. The minimum absolute atomic E-state index is 0.294. The third-order valence-electron chi connectivity index (χ3n) is 3.03. The Balaban J connectivity index is 2.22. The van der Waals surface area contributed by atoms with Gasteiger partial charge >= 0.3 is 5.97 Å². The highest BCUT2D eigenvalue weighted by Crippen LogP contribution is 2.17. The summed E-state index contributed by atoms with van der Waals surface area (Å²) in [6, 6.07) is 17.6. The van der Waals surface area contributed by atoms with E-state index in [-0.39, 0.29) is 5.97 Å². The van der Waals surface area contributed by atoms with E-state index in [1.165, 1.54) is 7.11 Å². The van der Waals surface area contributed by atoms with Gasteiger partial charge in [-0.1, -0.05) is 36.4 Å². The minimum Gasteiger partial charge on any atom is -0.465 e. The highest BCUT2D eigenvalue weighted by Gasteiger charge is 2.12. The molecule has 0 unspecified atom stereocenters. The van der Waals surface area contributed by atoms with Crippen molar-refractivity contribution in [2.75, 3.05) is 19.1 Å². The van der Waals surface area contributed by atoms with Gasteiger partial charge in [0.05, 0.1) is 12.7 Å². The van der Waals surface area contributed by atoms with E-state index in [0.717, 1.165) is 11.3 Å². The smallest absolute Gasteiger partial charge is 0.338 e. The monoisotopic (exact) mass is 255 g/mol. The van der Waals surface area contributed by atoms with E-state index in [2.05, 4.69) is 4.90 Å². The third-order valence-corrected chi connectivity index (χ3v) is 3.03. The van der Waals surface area contributed by atoms with Crippen molar-refractivity contribution >= 4 is 11.7 Å². The van der Waals surface area contributed by atoms with Crippen molar-refractivity contribution in [2.24, 2.45) is 0 Å². The summed E-state index contributed by atoms with van der Waals surface area (Å²) < 4.78 is 4.81. The van der Waals surface area contributed by atoms with Crippen molar-refractivity contribution in [2.45, 2.75) is 6.54 Å². The molecule has 0 atom stereocenters. The number of methoxy groups -OCH3 is 1. The Morgan fingerprint density at radius 1 is 1.05 bits per heavy atom. The van der Waals surface area contributed by atoms with Crippen molar-refractivity contribution < 1.29 is 9.53 Å². The first-order valence-electron chi connectivity index (χ1n) is 6.15. The van der Waals surface area contributed by atoms with E-state index in [9.17, 15) is 4.79 Å². The lowest BCUT2D eigenvalue weighted by atomic mass is 10.1. The lowest BCUT2D eigenvalue weighted by Crippen LogP contribution is -2.18. The molecule has 19 heavy (non-hydrogen) atoms. The molecule has 0 aliphatic heterocycles. The van der Waals surface area contributed by atoms with Crippen molar-refractivity contribution in [3.8, 4) is 0 Å². The van der Waals surface area contributed by atoms with Crippen LogP contribution in [0.4, 0.5) is 5.69 Å². The van der Waals surface area contributed by atoms with Crippen LogP contribution in [-0.4, -0.2) is 20.1 Å². The Kier molecular flexibility index (Phi) is 4.18. The van der Waals surface area contributed by atoms with Crippen LogP contribution < -0.4 is 4.90 Å². The van der Waals surface area contributed by atoms with Gasteiger partial charge in [-0.2, -0.15) is 0 Å². The Bertz CT molecular complexity index is 552. The summed E-state index contributed by atoms with van der Waals surface area (Å²) in [5, 5.41) is 0. The fourth-order valence-electron chi connectivity index (χ4n) is 2.00. The maximum absolute atomic E-state index is 11.7. The van der Waals surface area contributed by atoms with Gasteiger partial charge < -0.3 is 9.64 Å². The van der Waals surface area contributed by atoms with Gasteiger partial charge in [-0.15, -0.1) is 0 Å². The zero-order chi connectivity index (χ0) is 13.7. The van der Waals surface area contributed by atoms with Crippen LogP contribution in [0.2, 0.25) is 0 Å². The SMILES string of the molecule is COC(=O)c1ccccc1CN(C)c1ccccc1. The lowest BCUT2D eigenvalue weighted by Gasteiger charge is -2.20. The van der Waals surface area contributed by atoms with Gasteiger partial charge in [0, 0.05) is 19.3 Å². The zero-order valence-electron chi connectivity index (χ0n) is 11.2. The predicted octanol–water partition coefficient (Wildman–Crippen LogP) is 3.11. The molecule has 0 saturated heterocycles. The molecule has 0 heterocycles. The molecule has 98 valence electrons. The maximum atomic E-state index is 11.7. The van der Waals surface area contributed by atoms with E-state index in [0.29, 0.717) is 12.1 Å². The molecule has 0 aliphatic carbocycles. The van der Waals surface area contributed by atoms with Gasteiger partial charge in [0.2, 0.25) is 0 Å². The Morgan fingerprint density at radius 2 is 1.68 bits per heavy atom. The second-order valence-corrected chi connectivity index (χ2v) is 4.34. The molecule has 0 amide bonds. The number of nitrogens with zero attached hydrogens (tertiary/aromatic N) is 1. The Morgan fingerprint density at radius 3 is 2.37 bits per heavy atom. The number of ether oxygens (including phenoxy) is 1. The molecule has 0 fully saturated rings. The van der Waals surface area contributed by atoms with E-state index < -0.39 is 0 Å². The molecule has 3 heteroatoms. The number of carbonyl (C=O) groups excluding carboxylic acids is 1. The van der Waals surface area contributed by atoms with Crippen molar-refractivity contribution in [1.82, 2.24) is 0 Å². The number of rotatable bonds is 4. The Hall–Kier alpha value is -2.29. The fraction of sp³-hybridized carbons (Fsp3) is 0.188. The van der Waals surface area contributed by atoms with Crippen molar-refractivity contribution in [3.63, 3.8) is 0 Å². The number of hydrogen-bond acceptors (Lipinski definition) is 3. The summed E-state index contributed by atoms with van der Waals surface area (Å²) in [4.78, 5) is 13.8. The average molecular weight is 255 g/mol. The predicted molar refractivity (Wildman–Crippen MR) is 76.3 cm³/mol. The van der Waals surface area contributed by atoms with Crippen LogP contribution in [0.25, 0.3) is 0 Å². The van der Waals surface area contributed by atoms with Crippen LogP contribution in [0.5, 0.6) is 0 Å². The van der Waals surface area contributed by atoms with E-state index >= 15 is 0 Å². The standard InChI is InChI=1S/C16H17NO2/c1-17(14-9-4-3-5-10-14)12-13-8-6-7-11-15(13)16(18)19-2/h3-11H,12H2,1-2H3. The van der Waals surface area contributed by atoms with Gasteiger partial charge in [-0.3, -0.25) is 0 Å². The van der Waals surface area contributed by atoms with E-state index in [1.54, 1.807) is 6.07 Å². The van der Waals surface area contributed by atoms with Gasteiger partial charge in [-0.25, -0.2) is 4.79 Å². The molecule has 0 N–H and O–H groups in total. The summed E-state index contributed by atoms with van der Waals surface area (Å²) in [5.74, 6) is -0.294. The second-order valence-electron chi connectivity index (χ2n) is 4.34. The van der Waals surface area contributed by atoms with Crippen LogP contribution in [0.3, 0.4) is 0 Å². The van der Waals surface area contributed by atoms with Gasteiger partial charge in [0.15, 0.2) is 0 Å². The first-order chi connectivity index (χ1) is 9.22. The van der Waals surface area contributed by atoms with E-state index in [1.807, 2.05) is 55.6 Å². The number of esters is 1. The first-order valence-corrected chi connectivity index (χ1v) is 6.15. The van der Waals surface area contributed by atoms with Gasteiger partial charge in [0.1, 0.15) is 0 Å². The summed E-state index contributed by atoms with van der Waals surface area (Å²) >= 11 is 0. The molecule has 0 spiro atoms. The summed E-state index contributed by atoms with van der Waals surface area (Å²) in [5.41, 5.74) is 2.69. The van der Waals surface area contributed by atoms with E-state index in [4.69, 9.17) is 4.74 Å². The van der Waals surface area contributed by atoms with Crippen LogP contribution >= 0.6 is 0 Å². The molecule has 0 bridgehead atoms. The second kappa shape index (κ2) is 6.05. The average Bonchev–Trinajstić information content (AvgIpc) is 2.48. The normalized spacial score (nSPS) is 10.0.